The lowest BCUT2D eigenvalue weighted by Crippen LogP contribution is -2.30. The van der Waals surface area contributed by atoms with Crippen molar-refractivity contribution in [1.29, 1.82) is 0 Å². The fourth-order valence-corrected chi connectivity index (χ4v) is 2.91. The Kier molecular flexibility index (Phi) is 4.07. The van der Waals surface area contributed by atoms with Crippen molar-refractivity contribution in [3.8, 4) is 0 Å². The summed E-state index contributed by atoms with van der Waals surface area (Å²) < 4.78 is 37.8. The third kappa shape index (κ3) is 3.21. The van der Waals surface area contributed by atoms with Crippen LogP contribution < -0.4 is 0 Å². The lowest BCUT2D eigenvalue weighted by molar-refractivity contribution is -0.137. The quantitative estimate of drug-likeness (QED) is 0.835. The number of aromatic nitrogens is 1. The van der Waals surface area contributed by atoms with Crippen LogP contribution in [0, 0.1) is 0 Å². The van der Waals surface area contributed by atoms with E-state index in [4.69, 9.17) is 0 Å². The van der Waals surface area contributed by atoms with Gasteiger partial charge in [-0.05, 0) is 54.8 Å². The number of rotatable bonds is 2. The lowest BCUT2D eigenvalue weighted by atomic mass is 10.0. The summed E-state index contributed by atoms with van der Waals surface area (Å²) in [5, 5.41) is 0. The van der Waals surface area contributed by atoms with E-state index in [0.717, 1.165) is 30.5 Å². The molecule has 1 aliphatic rings. The van der Waals surface area contributed by atoms with Crippen molar-refractivity contribution in [3.05, 3.63) is 65.5 Å². The topological polar surface area (TPSA) is 33.2 Å². The third-order valence-electron chi connectivity index (χ3n) is 4.06. The second-order valence-electron chi connectivity index (χ2n) is 5.51. The number of amides is 1. The molecule has 0 unspecified atom stereocenters. The number of pyridine rings is 1. The van der Waals surface area contributed by atoms with Crippen LogP contribution in [-0.2, 0) is 6.18 Å². The van der Waals surface area contributed by atoms with Crippen molar-refractivity contribution in [2.45, 2.75) is 25.1 Å². The van der Waals surface area contributed by atoms with E-state index in [1.807, 2.05) is 12.1 Å². The van der Waals surface area contributed by atoms with E-state index in [9.17, 15) is 18.0 Å². The molecule has 1 aromatic carbocycles. The van der Waals surface area contributed by atoms with E-state index in [0.29, 0.717) is 6.54 Å². The molecule has 0 bridgehead atoms. The summed E-state index contributed by atoms with van der Waals surface area (Å²) in [6.07, 6.45) is 0.674. The summed E-state index contributed by atoms with van der Waals surface area (Å²) >= 11 is 0. The number of alkyl halides is 3. The standard InChI is InChI=1S/C17H15F3N2O/c18-17(19,20)14-5-3-13(4-6-14)16(23)22-11-1-2-15(22)12-7-9-21-10-8-12/h3-10,15H,1-2,11H2/t15-/m0/s1. The molecule has 1 saturated heterocycles. The molecule has 120 valence electrons. The SMILES string of the molecule is O=C(c1ccc(C(F)(F)F)cc1)N1CCC[C@H]1c1ccncc1. The summed E-state index contributed by atoms with van der Waals surface area (Å²) in [7, 11) is 0. The van der Waals surface area contributed by atoms with Crippen LogP contribution in [0.2, 0.25) is 0 Å². The zero-order chi connectivity index (χ0) is 16.4. The lowest BCUT2D eigenvalue weighted by Gasteiger charge is -2.25. The number of carbonyl (C=O) groups is 1. The first-order chi connectivity index (χ1) is 11.0. The summed E-state index contributed by atoms with van der Waals surface area (Å²) in [4.78, 5) is 18.3. The molecule has 0 aliphatic carbocycles. The van der Waals surface area contributed by atoms with Crippen molar-refractivity contribution in [3.63, 3.8) is 0 Å². The molecule has 1 amide bonds. The molecule has 2 heterocycles. The average molecular weight is 320 g/mol. The minimum Gasteiger partial charge on any atom is -0.332 e. The number of hydrogen-bond acceptors (Lipinski definition) is 2. The van der Waals surface area contributed by atoms with Gasteiger partial charge in [0.1, 0.15) is 0 Å². The van der Waals surface area contributed by atoms with E-state index in [-0.39, 0.29) is 17.5 Å². The number of hydrogen-bond donors (Lipinski definition) is 0. The Morgan fingerprint density at radius 2 is 1.74 bits per heavy atom. The van der Waals surface area contributed by atoms with Crippen LogP contribution in [0.5, 0.6) is 0 Å². The van der Waals surface area contributed by atoms with Gasteiger partial charge in [0.25, 0.3) is 5.91 Å². The monoisotopic (exact) mass is 320 g/mol. The highest BCUT2D eigenvalue weighted by molar-refractivity contribution is 5.94. The Bertz CT molecular complexity index is 683. The summed E-state index contributed by atoms with van der Waals surface area (Å²) in [6, 6.07) is 8.06. The molecule has 6 heteroatoms. The van der Waals surface area contributed by atoms with Gasteiger partial charge in [0, 0.05) is 24.5 Å². The number of carbonyl (C=O) groups excluding carboxylic acids is 1. The Morgan fingerprint density at radius 3 is 2.35 bits per heavy atom. The van der Waals surface area contributed by atoms with Gasteiger partial charge in [-0.15, -0.1) is 0 Å². The molecule has 1 atom stereocenters. The summed E-state index contributed by atoms with van der Waals surface area (Å²) in [5.74, 6) is -0.238. The van der Waals surface area contributed by atoms with E-state index in [1.54, 1.807) is 17.3 Å². The van der Waals surface area contributed by atoms with Gasteiger partial charge in [-0.25, -0.2) is 0 Å². The third-order valence-corrected chi connectivity index (χ3v) is 4.06. The van der Waals surface area contributed by atoms with Gasteiger partial charge in [-0.3, -0.25) is 9.78 Å². The van der Waals surface area contributed by atoms with Crippen LogP contribution in [0.15, 0.2) is 48.8 Å². The first-order valence-corrected chi connectivity index (χ1v) is 7.35. The molecule has 0 spiro atoms. The zero-order valence-corrected chi connectivity index (χ0v) is 12.3. The fourth-order valence-electron chi connectivity index (χ4n) is 2.91. The molecule has 2 aromatic rings. The molecular weight excluding hydrogens is 305 g/mol. The summed E-state index contributed by atoms with van der Waals surface area (Å²) in [5.41, 5.74) is 0.526. The van der Waals surface area contributed by atoms with E-state index in [2.05, 4.69) is 4.98 Å². The predicted octanol–water partition coefficient (Wildman–Crippen LogP) is 4.08. The molecule has 1 aliphatic heterocycles. The maximum atomic E-state index is 12.6. The smallest absolute Gasteiger partial charge is 0.332 e. The second kappa shape index (κ2) is 6.02. The first kappa shape index (κ1) is 15.5. The zero-order valence-electron chi connectivity index (χ0n) is 12.3. The predicted molar refractivity (Wildman–Crippen MR) is 78.7 cm³/mol. The number of likely N-dealkylation sites (tertiary alicyclic amines) is 1. The largest absolute Gasteiger partial charge is 0.416 e. The molecule has 23 heavy (non-hydrogen) atoms. The maximum Gasteiger partial charge on any atom is 0.416 e. The highest BCUT2D eigenvalue weighted by Gasteiger charge is 2.32. The van der Waals surface area contributed by atoms with Crippen LogP contribution in [-0.4, -0.2) is 22.3 Å². The van der Waals surface area contributed by atoms with Crippen molar-refractivity contribution in [1.82, 2.24) is 9.88 Å². The van der Waals surface area contributed by atoms with Crippen molar-refractivity contribution >= 4 is 5.91 Å². The van der Waals surface area contributed by atoms with Crippen LogP contribution in [0.4, 0.5) is 13.2 Å². The average Bonchev–Trinajstić information content (AvgIpc) is 3.04. The van der Waals surface area contributed by atoms with Gasteiger partial charge in [-0.2, -0.15) is 13.2 Å². The van der Waals surface area contributed by atoms with Gasteiger partial charge in [0.2, 0.25) is 0 Å². The van der Waals surface area contributed by atoms with Gasteiger partial charge in [0.15, 0.2) is 0 Å². The fraction of sp³-hybridized carbons (Fsp3) is 0.294. The molecule has 1 fully saturated rings. The maximum absolute atomic E-state index is 12.6. The van der Waals surface area contributed by atoms with Crippen LogP contribution >= 0.6 is 0 Å². The van der Waals surface area contributed by atoms with Crippen LogP contribution in [0.1, 0.15) is 40.4 Å². The van der Waals surface area contributed by atoms with E-state index in [1.165, 1.54) is 12.1 Å². The van der Waals surface area contributed by atoms with Gasteiger partial charge in [0.05, 0.1) is 11.6 Å². The Morgan fingerprint density at radius 1 is 1.09 bits per heavy atom. The normalized spacial score (nSPS) is 18.2. The molecule has 0 radical (unpaired) electrons. The van der Waals surface area contributed by atoms with Gasteiger partial charge < -0.3 is 4.90 Å². The van der Waals surface area contributed by atoms with Crippen molar-refractivity contribution in [2.75, 3.05) is 6.54 Å². The molecule has 3 rings (SSSR count). The molecule has 0 saturated carbocycles. The Labute approximate surface area is 131 Å². The number of benzene rings is 1. The highest BCUT2D eigenvalue weighted by Crippen LogP contribution is 2.33. The highest BCUT2D eigenvalue weighted by atomic mass is 19.4. The summed E-state index contributed by atoms with van der Waals surface area (Å²) in [6.45, 7) is 0.604. The minimum absolute atomic E-state index is 0.0483. The van der Waals surface area contributed by atoms with Gasteiger partial charge in [-0.1, -0.05) is 0 Å². The van der Waals surface area contributed by atoms with Crippen molar-refractivity contribution in [2.24, 2.45) is 0 Å². The molecule has 0 N–H and O–H groups in total. The Balaban J connectivity index is 1.82. The Hall–Kier alpha value is -2.37. The number of halogens is 3. The molecule has 3 nitrogen and oxygen atoms in total. The van der Waals surface area contributed by atoms with Crippen LogP contribution in [0.3, 0.4) is 0 Å². The second-order valence-corrected chi connectivity index (χ2v) is 5.51. The minimum atomic E-state index is -4.39. The molecule has 1 aromatic heterocycles. The van der Waals surface area contributed by atoms with Gasteiger partial charge >= 0.3 is 6.18 Å². The molecular formula is C17H15F3N2O. The van der Waals surface area contributed by atoms with E-state index < -0.39 is 11.7 Å². The number of nitrogens with zero attached hydrogens (tertiary/aromatic N) is 2. The van der Waals surface area contributed by atoms with E-state index >= 15 is 0 Å². The van der Waals surface area contributed by atoms with Crippen molar-refractivity contribution < 1.29 is 18.0 Å². The first-order valence-electron chi connectivity index (χ1n) is 7.35. The van der Waals surface area contributed by atoms with Crippen LogP contribution in [0.25, 0.3) is 0 Å².